The molecule has 0 aliphatic rings. The van der Waals surface area contributed by atoms with Crippen molar-refractivity contribution in [3.63, 3.8) is 0 Å². The van der Waals surface area contributed by atoms with E-state index < -0.39 is 23.4 Å². The van der Waals surface area contributed by atoms with Gasteiger partial charge in [-0.1, -0.05) is 104 Å². The molecule has 38 nitrogen and oxygen atoms in total. The predicted molar refractivity (Wildman–Crippen MR) is 426 cm³/mol. The van der Waals surface area contributed by atoms with Crippen LogP contribution in [0.2, 0.25) is 5.28 Å². The summed E-state index contributed by atoms with van der Waals surface area (Å²) in [4.78, 5) is 50.8. The number of carbonyl (C=O) groups excluding carboxylic acids is 3. The molecule has 0 radical (unpaired) electrons. The first kappa shape index (κ1) is 86.0. The van der Waals surface area contributed by atoms with Gasteiger partial charge in [0.15, 0.2) is 16.6 Å². The van der Waals surface area contributed by atoms with Gasteiger partial charge in [-0.25, -0.2) is 38.7 Å². The Kier molecular flexibility index (Phi) is 31.7. The van der Waals surface area contributed by atoms with Crippen molar-refractivity contribution in [2.24, 2.45) is 11.5 Å². The van der Waals surface area contributed by atoms with Crippen LogP contribution in [0.25, 0.3) is 77.0 Å². The van der Waals surface area contributed by atoms with Crippen molar-refractivity contribution in [1.29, 1.82) is 0 Å². The Morgan fingerprint density at radius 2 is 0.763 bits per heavy atom. The summed E-state index contributed by atoms with van der Waals surface area (Å²) >= 11 is 5.48. The van der Waals surface area contributed by atoms with Gasteiger partial charge in [-0.3, -0.25) is 20.7 Å². The van der Waals surface area contributed by atoms with Gasteiger partial charge in [0.1, 0.15) is 22.2 Å². The topological polar surface area (TPSA) is 525 Å². The SMILES string of the molecule is CC(C)(C)OC(=O)NCCCNc1n[n+]([O-])c2ccccc2[n+]1[O-].CC(C)(C)OC(=O)NCCCNc1nc2ccccc2[n+]([O-])n1.CCCCN.NCCCNc1n[n+]([O-])c2ccccc2[n+]1[O-].O=C(NCCCNc1n[n+]([O-])c2ccccc2[n+]1[O-])c1cccc2cc3ccccc3nc12.[O-][n+]1nc(Cl)nc2ccccc21. The molecular formula is C75H90ClN25O13. The standard InChI is InChI=1S/C24H20N6O3.C15H21N5O4.C15H21N5O3.C10H13N5O2.C7H4ClN3O.C4H11N/c31-23(18-9-5-8-17-15-16-7-1-2-10-19(16)27-22(17)18)25-13-6-14-26-24-28-30(33)21-12-4-3-11-20(21)29(24)32;1-15(2,3)24-14(21)17-10-6-9-16-13-18-20(23)12-8-5-4-7-11(12)19(13)22;1-15(2,3)23-14(21)17-10-6-9-16-13-18-11-7-4-5-8-12(11)20(22)19-13;11-6-3-7-12-10-13-15(17)9-5-2-1-4-8(9)14(10)16;8-7-9-5-3-1-2-4-6(5)11(12)10-7;1-2-3-4-5/h1-5,7-12,15H,6,13-14H2,(H,25,31)(H,26,28);4-5,7-8H,6,9-10H2,1-3H3,(H,16,18)(H,17,21);4-5,7-8H,6,9-10H2,1-3H3,(H,17,21)(H,16,18,19);1-2,4-5H,3,6-7,11H2,(H,12,13);1-4H;2-5H2,1H3. The maximum Gasteiger partial charge on any atom is 0.460 e. The molecule has 0 saturated carbocycles. The molecule has 0 saturated heterocycles. The molecule has 114 heavy (non-hydrogen) atoms. The van der Waals surface area contributed by atoms with Gasteiger partial charge in [0.05, 0.1) is 41.3 Å². The highest BCUT2D eigenvalue weighted by Crippen LogP contribution is 2.23. The third-order valence-corrected chi connectivity index (χ3v) is 15.7. The molecule has 0 spiro atoms. The number of pyridine rings is 1. The second-order valence-corrected chi connectivity index (χ2v) is 27.0. The molecule has 13 aromatic rings. The fraction of sp³-hybridized carbons (Fsp3) is 0.320. The molecule has 600 valence electrons. The number of nitrogens with zero attached hydrogens (tertiary/aromatic N) is 16. The van der Waals surface area contributed by atoms with E-state index >= 15 is 0 Å². The van der Waals surface area contributed by atoms with Crippen molar-refractivity contribution in [2.75, 3.05) is 80.2 Å². The van der Waals surface area contributed by atoms with Crippen LogP contribution >= 0.6 is 11.6 Å². The van der Waals surface area contributed by atoms with E-state index in [2.05, 4.69) is 84.6 Å². The summed E-state index contributed by atoms with van der Waals surface area (Å²) in [7, 11) is 0. The summed E-state index contributed by atoms with van der Waals surface area (Å²) in [6.07, 6.45) is 3.85. The Morgan fingerprint density at radius 1 is 0.395 bits per heavy atom. The highest BCUT2D eigenvalue weighted by atomic mass is 35.5. The largest absolute Gasteiger partial charge is 0.739 e. The van der Waals surface area contributed by atoms with E-state index in [4.69, 9.17) is 32.5 Å². The van der Waals surface area contributed by atoms with Crippen LogP contribution < -0.4 is 87.1 Å². The fourth-order valence-corrected chi connectivity index (χ4v) is 10.5. The third-order valence-electron chi connectivity index (χ3n) is 15.6. The van der Waals surface area contributed by atoms with Crippen LogP contribution in [-0.4, -0.2) is 129 Å². The van der Waals surface area contributed by atoms with E-state index in [9.17, 15) is 56.0 Å². The molecule has 6 heterocycles. The first-order valence-electron chi connectivity index (χ1n) is 36.3. The number of rotatable bonds is 22. The molecule has 0 unspecified atom stereocenters. The van der Waals surface area contributed by atoms with Crippen LogP contribution in [0.5, 0.6) is 0 Å². The predicted octanol–water partition coefficient (Wildman–Crippen LogP) is 5.78. The quantitative estimate of drug-likeness (QED) is 0.0168. The second kappa shape index (κ2) is 42.0. The van der Waals surface area contributed by atoms with E-state index in [0.29, 0.717) is 150 Å². The van der Waals surface area contributed by atoms with Crippen molar-refractivity contribution in [3.8, 4) is 0 Å². The van der Waals surface area contributed by atoms with E-state index in [-0.39, 0.29) is 68.1 Å². The minimum absolute atomic E-state index is 0.00727. The molecule has 0 atom stereocenters. The molecule has 7 aromatic carbocycles. The van der Waals surface area contributed by atoms with Gasteiger partial charge in [0, 0.05) is 86.9 Å². The Bertz CT molecular complexity index is 5400. The van der Waals surface area contributed by atoms with Crippen LogP contribution in [0.1, 0.15) is 97.3 Å². The molecule has 11 N–H and O–H groups in total. The maximum atomic E-state index is 12.8. The molecule has 0 aliphatic carbocycles. The number of fused-ring (bicyclic) bond motifs is 7. The molecular weight excluding hydrogens is 1490 g/mol. The number of para-hydroxylation sites is 12. The lowest BCUT2D eigenvalue weighted by Crippen LogP contribution is -2.44. The molecule has 39 heteroatoms. The van der Waals surface area contributed by atoms with E-state index in [1.807, 2.05) is 69.3 Å². The monoisotopic (exact) mass is 1580 g/mol. The zero-order valence-electron chi connectivity index (χ0n) is 63.8. The number of ether oxygens (including phenoxy) is 2. The first-order valence-corrected chi connectivity index (χ1v) is 36.7. The number of nitrogens with one attached hydrogen (secondary N) is 7. The zero-order chi connectivity index (χ0) is 82.3. The Hall–Kier alpha value is -13.6. The fourth-order valence-electron chi connectivity index (χ4n) is 10.3. The summed E-state index contributed by atoms with van der Waals surface area (Å²) in [5.41, 5.74) is 14.8. The maximum absolute atomic E-state index is 12.8. The normalized spacial score (nSPS) is 10.9. The van der Waals surface area contributed by atoms with Crippen molar-refractivity contribution in [1.82, 2.24) is 56.4 Å². The van der Waals surface area contributed by atoms with Crippen LogP contribution in [0.4, 0.5) is 33.4 Å². The van der Waals surface area contributed by atoms with Gasteiger partial charge < -0.3 is 83.9 Å². The van der Waals surface area contributed by atoms with E-state index in [1.54, 1.807) is 130 Å². The van der Waals surface area contributed by atoms with Crippen LogP contribution in [0, 0.1) is 41.7 Å². The lowest BCUT2D eigenvalue weighted by Gasteiger charge is -2.19. The van der Waals surface area contributed by atoms with Gasteiger partial charge in [-0.2, -0.15) is 0 Å². The Labute approximate surface area is 658 Å². The number of halogens is 1. The molecule has 0 bridgehead atoms. The lowest BCUT2D eigenvalue weighted by molar-refractivity contribution is -0.672. The molecule has 6 aromatic heterocycles. The highest BCUT2D eigenvalue weighted by molar-refractivity contribution is 6.28. The van der Waals surface area contributed by atoms with Crippen molar-refractivity contribution < 1.29 is 62.3 Å². The number of benzene rings is 7. The van der Waals surface area contributed by atoms with E-state index in [1.165, 1.54) is 25.0 Å². The smallest absolute Gasteiger partial charge is 0.460 e. The van der Waals surface area contributed by atoms with Crippen LogP contribution in [-0.2, 0) is 9.47 Å². The Morgan fingerprint density at radius 3 is 1.20 bits per heavy atom. The number of unbranched alkanes of at least 4 members (excludes halogenated alkanes) is 1. The van der Waals surface area contributed by atoms with Crippen LogP contribution in [0.15, 0.2) is 170 Å². The van der Waals surface area contributed by atoms with Gasteiger partial charge in [-0.05, 0) is 157 Å². The number of anilines is 4. The molecule has 0 fully saturated rings. The van der Waals surface area contributed by atoms with Crippen LogP contribution in [0.3, 0.4) is 0 Å². The number of alkyl carbamates (subject to hydrolysis) is 2. The number of hydrogen-bond acceptors (Lipinski definition) is 27. The van der Waals surface area contributed by atoms with Gasteiger partial charge in [-0.15, -0.1) is 0 Å². The molecule has 0 aliphatic heterocycles. The zero-order valence-corrected chi connectivity index (χ0v) is 64.5. The van der Waals surface area contributed by atoms with Crippen molar-refractivity contribution in [3.05, 3.63) is 222 Å². The Balaban J connectivity index is 0.000000181. The van der Waals surface area contributed by atoms with E-state index in [0.717, 1.165) is 22.8 Å². The van der Waals surface area contributed by atoms with Gasteiger partial charge in [0.25, 0.3) is 44.7 Å². The average Bonchev–Trinajstić information content (AvgIpc) is 0.795. The van der Waals surface area contributed by atoms with Gasteiger partial charge >= 0.3 is 30.0 Å². The van der Waals surface area contributed by atoms with Crippen molar-refractivity contribution in [2.45, 2.75) is 98.2 Å². The average molecular weight is 1590 g/mol. The number of carbonyl (C=O) groups is 3. The van der Waals surface area contributed by atoms with Gasteiger partial charge in [0.2, 0.25) is 15.3 Å². The molecule has 3 amide bonds. The summed E-state index contributed by atoms with van der Waals surface area (Å²) < 4.78 is 12.0. The van der Waals surface area contributed by atoms with Crippen molar-refractivity contribution >= 4 is 130 Å². The summed E-state index contributed by atoms with van der Waals surface area (Å²) in [5.74, 6) is -0.132. The number of aromatic nitrogens is 16. The summed E-state index contributed by atoms with van der Waals surface area (Å²) in [6, 6.07) is 48.5. The minimum Gasteiger partial charge on any atom is -0.739 e. The lowest BCUT2D eigenvalue weighted by atomic mass is 10.1. The second-order valence-electron chi connectivity index (χ2n) is 26.7. The first-order chi connectivity index (χ1) is 54.7. The number of nitrogens with two attached hydrogens (primary N) is 2. The molecule has 13 rings (SSSR count). The number of amides is 3. The summed E-state index contributed by atoms with van der Waals surface area (Å²) in [6.45, 7) is 17.2. The number of hydrogen-bond donors (Lipinski definition) is 9. The third kappa shape index (κ3) is 25.5. The summed E-state index contributed by atoms with van der Waals surface area (Å²) in [5, 5.41) is 134. The minimum atomic E-state index is -0.548. The highest BCUT2D eigenvalue weighted by Gasteiger charge is 2.24.